The molecule has 3 aromatic rings. The Morgan fingerprint density at radius 2 is 1.85 bits per heavy atom. The molecule has 0 atom stereocenters. The van der Waals surface area contributed by atoms with Gasteiger partial charge in [-0.2, -0.15) is 0 Å². The van der Waals surface area contributed by atoms with E-state index < -0.39 is 22.8 Å². The summed E-state index contributed by atoms with van der Waals surface area (Å²) in [4.78, 5) is 23.2. The second-order valence-corrected chi connectivity index (χ2v) is 6.45. The van der Waals surface area contributed by atoms with Crippen LogP contribution in [0.15, 0.2) is 45.6 Å². The molecule has 126 valence electrons. The molecule has 2 heterocycles. The molecule has 7 heteroatoms. The van der Waals surface area contributed by atoms with Crippen LogP contribution in [0.2, 0.25) is 0 Å². The summed E-state index contributed by atoms with van der Waals surface area (Å²) in [5.74, 6) is -1.50. The average Bonchev–Trinajstić information content (AvgIpc) is 2.53. The fourth-order valence-electron chi connectivity index (χ4n) is 3.17. The zero-order chi connectivity index (χ0) is 17.9. The molecular weight excluding hydrogens is 347 g/mol. The molecule has 0 unspecified atom stereocenters. The van der Waals surface area contributed by atoms with Gasteiger partial charge in [-0.05, 0) is 37.6 Å². The smallest absolute Gasteiger partial charge is 0.542 e. The van der Waals surface area contributed by atoms with Crippen molar-refractivity contribution in [3.8, 4) is 22.6 Å². The summed E-state index contributed by atoms with van der Waals surface area (Å²) in [5, 5.41) is 21.0. The number of benzene rings is 2. The van der Waals surface area contributed by atoms with E-state index in [-0.39, 0.29) is 46.3 Å². The fraction of sp³-hybridized carbons (Fsp3) is 0.158. The second-order valence-electron chi connectivity index (χ2n) is 6.45. The van der Waals surface area contributed by atoms with E-state index in [2.05, 4.69) is 0 Å². The Kier molecular flexibility index (Phi) is 4.38. The number of phenols is 1. The quantitative estimate of drug-likeness (QED) is 0.568. The van der Waals surface area contributed by atoms with Gasteiger partial charge in [0.25, 0.3) is 0 Å². The number of carboxylic acids is 1. The molecular formula is C19H13NaO6. The van der Waals surface area contributed by atoms with Crippen molar-refractivity contribution < 1.29 is 53.7 Å². The Balaban J connectivity index is 0.00000196. The molecule has 0 saturated carbocycles. The van der Waals surface area contributed by atoms with Crippen LogP contribution in [0.3, 0.4) is 0 Å². The van der Waals surface area contributed by atoms with Crippen molar-refractivity contribution in [2.75, 3.05) is 0 Å². The van der Waals surface area contributed by atoms with Crippen molar-refractivity contribution in [1.82, 2.24) is 0 Å². The van der Waals surface area contributed by atoms with Crippen LogP contribution in [0.1, 0.15) is 30.0 Å². The normalized spacial score (nSPS) is 13.9. The van der Waals surface area contributed by atoms with Crippen LogP contribution in [0, 0.1) is 0 Å². The summed E-state index contributed by atoms with van der Waals surface area (Å²) in [5.41, 5.74) is 1.21. The van der Waals surface area contributed by atoms with Crippen LogP contribution >= 0.6 is 0 Å². The number of aromatic carboxylic acids is 1. The number of aromatic hydroxyl groups is 1. The molecule has 4 rings (SSSR count). The first-order valence-electron chi connectivity index (χ1n) is 7.62. The van der Waals surface area contributed by atoms with Gasteiger partial charge in [0.1, 0.15) is 28.7 Å². The van der Waals surface area contributed by atoms with Gasteiger partial charge in [-0.15, -0.1) is 0 Å². The molecule has 0 aliphatic carbocycles. The number of hydrogen-bond acceptors (Lipinski definition) is 6. The van der Waals surface area contributed by atoms with E-state index in [9.17, 15) is 19.8 Å². The molecule has 1 aliphatic rings. The maximum absolute atomic E-state index is 12.3. The Bertz CT molecular complexity index is 1110. The molecule has 0 spiro atoms. The van der Waals surface area contributed by atoms with Crippen LogP contribution in [0.4, 0.5) is 0 Å². The molecule has 6 nitrogen and oxygen atoms in total. The van der Waals surface area contributed by atoms with Crippen LogP contribution in [-0.2, 0) is 5.60 Å². The first-order valence-corrected chi connectivity index (χ1v) is 7.62. The molecule has 0 saturated heterocycles. The largest absolute Gasteiger partial charge is 1.00 e. The number of phenolic OH excluding ortho intramolecular Hbond substituents is 1. The minimum Gasteiger partial charge on any atom is -0.542 e. The van der Waals surface area contributed by atoms with E-state index in [0.717, 1.165) is 17.2 Å². The summed E-state index contributed by atoms with van der Waals surface area (Å²) >= 11 is 0. The average molecular weight is 360 g/mol. The fourth-order valence-corrected chi connectivity index (χ4v) is 3.17. The van der Waals surface area contributed by atoms with Gasteiger partial charge in [0.05, 0.1) is 5.39 Å². The van der Waals surface area contributed by atoms with Gasteiger partial charge in [0, 0.05) is 23.3 Å². The zero-order valence-corrected chi connectivity index (χ0v) is 16.5. The molecule has 2 aromatic carbocycles. The molecule has 0 amide bonds. The van der Waals surface area contributed by atoms with Crippen LogP contribution in [0.25, 0.3) is 22.1 Å². The van der Waals surface area contributed by atoms with Gasteiger partial charge in [0.15, 0.2) is 11.2 Å². The molecule has 0 fully saturated rings. The third kappa shape index (κ3) is 2.80. The summed E-state index contributed by atoms with van der Waals surface area (Å²) in [6, 6.07) is 8.98. The Morgan fingerprint density at radius 3 is 2.54 bits per heavy atom. The van der Waals surface area contributed by atoms with Gasteiger partial charge < -0.3 is 24.2 Å². The summed E-state index contributed by atoms with van der Waals surface area (Å²) < 4.78 is 11.3. The minimum atomic E-state index is -1.56. The number of fused-ring (bicyclic) bond motifs is 4. The monoisotopic (exact) mass is 360 g/mol. The van der Waals surface area contributed by atoms with E-state index in [0.29, 0.717) is 11.3 Å². The molecule has 1 aliphatic heterocycles. The van der Waals surface area contributed by atoms with E-state index in [1.165, 1.54) is 6.07 Å². The third-order valence-corrected chi connectivity index (χ3v) is 4.34. The number of carbonyl (C=O) groups excluding carboxylic acids is 1. The summed E-state index contributed by atoms with van der Waals surface area (Å²) in [6.45, 7) is 3.71. The van der Waals surface area contributed by atoms with Crippen molar-refractivity contribution in [1.29, 1.82) is 0 Å². The Morgan fingerprint density at radius 1 is 1.12 bits per heavy atom. The topological polar surface area (TPSA) is 99.8 Å². The maximum Gasteiger partial charge on any atom is 1.00 e. The van der Waals surface area contributed by atoms with Crippen molar-refractivity contribution in [2.24, 2.45) is 0 Å². The van der Waals surface area contributed by atoms with Crippen molar-refractivity contribution in [2.45, 2.75) is 19.4 Å². The first-order chi connectivity index (χ1) is 11.8. The van der Waals surface area contributed by atoms with E-state index in [4.69, 9.17) is 9.15 Å². The SMILES string of the molecule is CC1(C)Oc2cc3oc(C(=O)[O-])cc(=O)c3cc2-c2ccc(O)cc21.[Na+]. The second kappa shape index (κ2) is 6.16. The van der Waals surface area contributed by atoms with Crippen LogP contribution in [0.5, 0.6) is 11.5 Å². The predicted octanol–water partition coefficient (Wildman–Crippen LogP) is -0.839. The standard InChI is InChI=1S/C19H14O6.Na/c1-19(2)13-5-9(20)3-4-10(13)11-6-12-14(21)7-17(18(22)23)24-15(12)8-16(11)25-19;/h3-8,20H,1-2H3,(H,22,23);/q;+1/p-1. The van der Waals surface area contributed by atoms with Crippen molar-refractivity contribution in [3.63, 3.8) is 0 Å². The van der Waals surface area contributed by atoms with Gasteiger partial charge >= 0.3 is 29.6 Å². The van der Waals surface area contributed by atoms with Gasteiger partial charge in [-0.25, -0.2) is 0 Å². The van der Waals surface area contributed by atoms with Crippen molar-refractivity contribution in [3.05, 3.63) is 57.9 Å². The first kappa shape index (κ1) is 18.5. The van der Waals surface area contributed by atoms with E-state index in [1.807, 2.05) is 13.8 Å². The molecule has 1 N–H and O–H groups in total. The minimum absolute atomic E-state index is 0. The summed E-state index contributed by atoms with van der Waals surface area (Å²) in [7, 11) is 0. The Labute approximate surface area is 170 Å². The van der Waals surface area contributed by atoms with Crippen LogP contribution in [-0.4, -0.2) is 11.1 Å². The molecule has 0 bridgehead atoms. The zero-order valence-electron chi connectivity index (χ0n) is 14.5. The van der Waals surface area contributed by atoms with Gasteiger partial charge in [-0.3, -0.25) is 4.79 Å². The van der Waals surface area contributed by atoms with E-state index in [1.54, 1.807) is 24.3 Å². The maximum atomic E-state index is 12.3. The number of carbonyl (C=O) groups is 1. The predicted molar refractivity (Wildman–Crippen MR) is 87.6 cm³/mol. The molecule has 26 heavy (non-hydrogen) atoms. The van der Waals surface area contributed by atoms with E-state index >= 15 is 0 Å². The third-order valence-electron chi connectivity index (χ3n) is 4.34. The number of ether oxygens (including phenoxy) is 1. The summed E-state index contributed by atoms with van der Waals surface area (Å²) in [6.07, 6.45) is 0. The van der Waals surface area contributed by atoms with Gasteiger partial charge in [0.2, 0.25) is 0 Å². The Hall–Kier alpha value is -2.28. The number of rotatable bonds is 1. The number of carboxylic acid groups (broad SMARTS) is 1. The van der Waals surface area contributed by atoms with Gasteiger partial charge in [-0.1, -0.05) is 6.07 Å². The van der Waals surface area contributed by atoms with Crippen LogP contribution < -0.4 is 44.8 Å². The van der Waals surface area contributed by atoms with Crippen molar-refractivity contribution >= 4 is 16.9 Å². The molecule has 1 aromatic heterocycles. The number of hydrogen-bond donors (Lipinski definition) is 1. The molecule has 0 radical (unpaired) electrons.